The van der Waals surface area contributed by atoms with Gasteiger partial charge in [-0.3, -0.25) is 9.78 Å². The highest BCUT2D eigenvalue weighted by atomic mass is 32.1. The summed E-state index contributed by atoms with van der Waals surface area (Å²) in [7, 11) is 4.75. The maximum atomic E-state index is 11.9. The van der Waals surface area contributed by atoms with Crippen LogP contribution >= 0.6 is 12.2 Å². The molecule has 0 unspecified atom stereocenters. The van der Waals surface area contributed by atoms with Crippen LogP contribution in [0.4, 0.5) is 0 Å². The number of benzene rings is 1. The van der Waals surface area contributed by atoms with E-state index >= 15 is 0 Å². The standard InChI is InChI=1S/C15H18N2O4S/c1-19-8-7-17-10(9-13(18)16-15(17)22)14-11(20-2)5-4-6-12(14)21-3/h4-6,9H,7-8H2,1-3H3,(H,16,18,22). The largest absolute Gasteiger partial charge is 0.496 e. The molecule has 1 N–H and O–H groups in total. The molecule has 2 aromatic rings. The summed E-state index contributed by atoms with van der Waals surface area (Å²) < 4.78 is 18.1. The highest BCUT2D eigenvalue weighted by molar-refractivity contribution is 7.71. The fourth-order valence-corrected chi connectivity index (χ4v) is 2.53. The highest BCUT2D eigenvalue weighted by Gasteiger charge is 2.16. The zero-order chi connectivity index (χ0) is 16.1. The minimum Gasteiger partial charge on any atom is -0.496 e. The molecule has 0 saturated heterocycles. The fraction of sp³-hybridized carbons (Fsp3) is 0.333. The number of aromatic nitrogens is 2. The van der Waals surface area contributed by atoms with E-state index in [2.05, 4.69) is 4.98 Å². The minimum absolute atomic E-state index is 0.276. The van der Waals surface area contributed by atoms with Crippen molar-refractivity contribution in [2.75, 3.05) is 27.9 Å². The van der Waals surface area contributed by atoms with Crippen molar-refractivity contribution in [3.8, 4) is 22.8 Å². The molecule has 1 aromatic carbocycles. The van der Waals surface area contributed by atoms with Gasteiger partial charge in [0.05, 0.1) is 32.1 Å². The van der Waals surface area contributed by atoms with Crippen LogP contribution in [-0.4, -0.2) is 37.5 Å². The van der Waals surface area contributed by atoms with E-state index in [9.17, 15) is 4.79 Å². The van der Waals surface area contributed by atoms with Gasteiger partial charge in [-0.25, -0.2) is 0 Å². The van der Waals surface area contributed by atoms with Crippen LogP contribution in [0.3, 0.4) is 0 Å². The van der Waals surface area contributed by atoms with Crippen molar-refractivity contribution in [1.29, 1.82) is 0 Å². The molecule has 0 atom stereocenters. The van der Waals surface area contributed by atoms with Crippen molar-refractivity contribution in [3.63, 3.8) is 0 Å². The number of H-pyrrole nitrogens is 1. The number of hydrogen-bond donors (Lipinski definition) is 1. The molecule has 0 bridgehead atoms. The Labute approximate surface area is 133 Å². The highest BCUT2D eigenvalue weighted by Crippen LogP contribution is 2.37. The van der Waals surface area contributed by atoms with Crippen molar-refractivity contribution in [2.45, 2.75) is 6.54 Å². The molecular weight excluding hydrogens is 304 g/mol. The van der Waals surface area contributed by atoms with Gasteiger partial charge in [0.2, 0.25) is 0 Å². The number of methoxy groups -OCH3 is 3. The molecule has 0 radical (unpaired) electrons. The molecule has 0 saturated carbocycles. The van der Waals surface area contributed by atoms with Gasteiger partial charge in [0.15, 0.2) is 4.77 Å². The van der Waals surface area contributed by atoms with E-state index in [0.29, 0.717) is 40.7 Å². The fourth-order valence-electron chi connectivity index (χ4n) is 2.24. The number of aromatic amines is 1. The van der Waals surface area contributed by atoms with Crippen molar-refractivity contribution in [2.24, 2.45) is 0 Å². The first-order valence-corrected chi connectivity index (χ1v) is 7.07. The molecule has 0 aliphatic rings. The number of ether oxygens (including phenoxy) is 3. The van der Waals surface area contributed by atoms with Crippen LogP contribution in [0.5, 0.6) is 11.5 Å². The lowest BCUT2D eigenvalue weighted by molar-refractivity contribution is 0.186. The summed E-state index contributed by atoms with van der Waals surface area (Å²) in [6.07, 6.45) is 0. The van der Waals surface area contributed by atoms with Crippen LogP contribution in [0.25, 0.3) is 11.3 Å². The first-order chi connectivity index (χ1) is 10.6. The Bertz CT molecular complexity index is 745. The van der Waals surface area contributed by atoms with Gasteiger partial charge in [0, 0.05) is 19.7 Å². The van der Waals surface area contributed by atoms with Gasteiger partial charge < -0.3 is 18.8 Å². The number of rotatable bonds is 6. The van der Waals surface area contributed by atoms with E-state index in [1.807, 2.05) is 18.2 Å². The molecule has 0 aliphatic heterocycles. The Morgan fingerprint density at radius 2 is 1.82 bits per heavy atom. The predicted molar refractivity (Wildman–Crippen MR) is 86.3 cm³/mol. The van der Waals surface area contributed by atoms with Crippen molar-refractivity contribution >= 4 is 12.2 Å². The first-order valence-electron chi connectivity index (χ1n) is 6.66. The third kappa shape index (κ3) is 3.20. The van der Waals surface area contributed by atoms with E-state index in [4.69, 9.17) is 26.4 Å². The summed E-state index contributed by atoms with van der Waals surface area (Å²) in [4.78, 5) is 14.5. The molecule has 0 amide bonds. The maximum Gasteiger partial charge on any atom is 0.252 e. The molecule has 1 heterocycles. The van der Waals surface area contributed by atoms with Gasteiger partial charge in [0.25, 0.3) is 5.56 Å². The predicted octanol–water partition coefficient (Wildman–Crippen LogP) is 2.24. The monoisotopic (exact) mass is 322 g/mol. The van der Waals surface area contributed by atoms with Gasteiger partial charge in [0.1, 0.15) is 11.5 Å². The summed E-state index contributed by atoms with van der Waals surface area (Å²) in [5.41, 5.74) is 1.03. The van der Waals surface area contributed by atoms with Crippen LogP contribution in [-0.2, 0) is 11.3 Å². The lowest BCUT2D eigenvalue weighted by atomic mass is 10.1. The molecule has 2 rings (SSSR count). The van der Waals surface area contributed by atoms with Gasteiger partial charge in [-0.15, -0.1) is 0 Å². The van der Waals surface area contributed by atoms with Gasteiger partial charge >= 0.3 is 0 Å². The Kier molecular flexibility index (Phi) is 5.35. The second kappa shape index (κ2) is 7.24. The minimum atomic E-state index is -0.276. The summed E-state index contributed by atoms with van der Waals surface area (Å²) in [5.74, 6) is 1.20. The summed E-state index contributed by atoms with van der Waals surface area (Å²) in [6.45, 7) is 0.966. The number of nitrogens with zero attached hydrogens (tertiary/aromatic N) is 1. The summed E-state index contributed by atoms with van der Waals surface area (Å²) in [5, 5.41) is 0. The molecule has 0 aliphatic carbocycles. The summed E-state index contributed by atoms with van der Waals surface area (Å²) in [6, 6.07) is 6.92. The smallest absolute Gasteiger partial charge is 0.252 e. The second-order valence-corrected chi connectivity index (χ2v) is 4.89. The summed E-state index contributed by atoms with van der Waals surface area (Å²) >= 11 is 5.27. The Morgan fingerprint density at radius 1 is 1.18 bits per heavy atom. The Balaban J connectivity index is 2.76. The molecule has 7 heteroatoms. The molecular formula is C15H18N2O4S. The van der Waals surface area contributed by atoms with Crippen molar-refractivity contribution in [1.82, 2.24) is 9.55 Å². The van der Waals surface area contributed by atoms with Gasteiger partial charge in [-0.05, 0) is 24.4 Å². The van der Waals surface area contributed by atoms with E-state index in [1.165, 1.54) is 6.07 Å². The van der Waals surface area contributed by atoms with Crippen LogP contribution in [0.1, 0.15) is 0 Å². The topological polar surface area (TPSA) is 65.5 Å². The van der Waals surface area contributed by atoms with E-state index < -0.39 is 0 Å². The van der Waals surface area contributed by atoms with Crippen LogP contribution < -0.4 is 15.0 Å². The average molecular weight is 322 g/mol. The Morgan fingerprint density at radius 3 is 2.36 bits per heavy atom. The van der Waals surface area contributed by atoms with Crippen LogP contribution in [0, 0.1) is 4.77 Å². The van der Waals surface area contributed by atoms with Crippen LogP contribution in [0.15, 0.2) is 29.1 Å². The van der Waals surface area contributed by atoms with E-state index in [-0.39, 0.29) is 5.56 Å². The molecule has 1 aromatic heterocycles. The maximum absolute atomic E-state index is 11.9. The molecule has 6 nitrogen and oxygen atoms in total. The quantitative estimate of drug-likeness (QED) is 0.826. The number of hydrogen-bond acceptors (Lipinski definition) is 5. The van der Waals surface area contributed by atoms with Crippen molar-refractivity contribution in [3.05, 3.63) is 39.4 Å². The number of nitrogens with one attached hydrogen (secondary N) is 1. The Hall–Kier alpha value is -2.12. The van der Waals surface area contributed by atoms with Crippen molar-refractivity contribution < 1.29 is 14.2 Å². The lowest BCUT2D eigenvalue weighted by Gasteiger charge is -2.18. The molecule has 22 heavy (non-hydrogen) atoms. The van der Waals surface area contributed by atoms with Gasteiger partial charge in [-0.2, -0.15) is 0 Å². The SMILES string of the molecule is COCCn1c(-c2c(OC)cccc2OC)cc(=O)[nH]c1=S. The first kappa shape index (κ1) is 16.3. The molecule has 0 fully saturated rings. The normalized spacial score (nSPS) is 10.5. The second-order valence-electron chi connectivity index (χ2n) is 4.51. The molecule has 0 spiro atoms. The van der Waals surface area contributed by atoms with E-state index in [1.54, 1.807) is 25.9 Å². The zero-order valence-corrected chi connectivity index (χ0v) is 13.5. The average Bonchev–Trinajstić information content (AvgIpc) is 2.52. The third-order valence-electron chi connectivity index (χ3n) is 3.24. The van der Waals surface area contributed by atoms with E-state index in [0.717, 1.165) is 0 Å². The third-order valence-corrected chi connectivity index (χ3v) is 3.56. The zero-order valence-electron chi connectivity index (χ0n) is 12.7. The van der Waals surface area contributed by atoms with Gasteiger partial charge in [-0.1, -0.05) is 6.07 Å². The molecule has 118 valence electrons. The van der Waals surface area contributed by atoms with Crippen LogP contribution in [0.2, 0.25) is 0 Å². The lowest BCUT2D eigenvalue weighted by Crippen LogP contribution is -2.17.